The molecule has 0 aliphatic rings. The van der Waals surface area contributed by atoms with E-state index < -0.39 is 6.61 Å². The quantitative estimate of drug-likeness (QED) is 0.880. The molecule has 0 spiro atoms. The zero-order chi connectivity index (χ0) is 11.4. The van der Waals surface area contributed by atoms with Crippen LogP contribution in [-0.2, 0) is 10.5 Å². The molecule has 16 heavy (non-hydrogen) atoms. The smallest absolute Gasteiger partial charge is 0.214 e. The van der Waals surface area contributed by atoms with Gasteiger partial charge in [-0.25, -0.2) is 0 Å². The number of aliphatic hydroxyl groups excluding tert-OH is 1. The molecule has 82 valence electrons. The van der Waals surface area contributed by atoms with Crippen molar-refractivity contribution >= 4 is 27.6 Å². The highest BCUT2D eigenvalue weighted by Gasteiger charge is 2.05. The van der Waals surface area contributed by atoms with Gasteiger partial charge < -0.3 is 5.11 Å². The van der Waals surface area contributed by atoms with Gasteiger partial charge in [-0.3, -0.25) is 9.78 Å². The number of hydrogen-bond donors (Lipinski definition) is 1. The number of carbonyl (C=O) groups is 1. The number of fused-ring (bicyclic) bond motifs is 1. The zero-order valence-electron chi connectivity index (χ0n) is 8.59. The van der Waals surface area contributed by atoms with Crippen molar-refractivity contribution in [2.24, 2.45) is 0 Å². The second kappa shape index (κ2) is 5.09. The van der Waals surface area contributed by atoms with Crippen LogP contribution in [0.25, 0.3) is 10.8 Å². The second-order valence-corrected chi connectivity index (χ2v) is 4.33. The van der Waals surface area contributed by atoms with Crippen LogP contribution in [0.4, 0.5) is 0 Å². The molecular weight excluding hydrogens is 222 g/mol. The predicted octanol–water partition coefficient (Wildman–Crippen LogP) is 1.99. The van der Waals surface area contributed by atoms with E-state index in [1.807, 2.05) is 30.3 Å². The van der Waals surface area contributed by atoms with Gasteiger partial charge in [-0.15, -0.1) is 0 Å². The van der Waals surface area contributed by atoms with Gasteiger partial charge in [0.25, 0.3) is 0 Å². The van der Waals surface area contributed by atoms with Crippen LogP contribution in [0.3, 0.4) is 0 Å². The Morgan fingerprint density at radius 1 is 1.31 bits per heavy atom. The standard InChI is InChI=1S/C12H11NO2S/c14-7-12(15)16-8-11-10-4-2-1-3-9(10)5-6-13-11/h1-6,14H,7-8H2. The van der Waals surface area contributed by atoms with Gasteiger partial charge in [0.2, 0.25) is 5.12 Å². The van der Waals surface area contributed by atoms with Gasteiger partial charge in [0.15, 0.2) is 0 Å². The molecule has 0 saturated heterocycles. The predicted molar refractivity (Wildman–Crippen MR) is 65.1 cm³/mol. The molecule has 0 saturated carbocycles. The Labute approximate surface area is 97.5 Å². The van der Waals surface area contributed by atoms with Crippen molar-refractivity contribution in [2.45, 2.75) is 5.75 Å². The van der Waals surface area contributed by atoms with Crippen LogP contribution in [-0.4, -0.2) is 21.8 Å². The van der Waals surface area contributed by atoms with E-state index in [9.17, 15) is 4.79 Å². The summed E-state index contributed by atoms with van der Waals surface area (Å²) in [6, 6.07) is 9.86. The number of hydrogen-bond acceptors (Lipinski definition) is 4. The first kappa shape index (κ1) is 11.1. The van der Waals surface area contributed by atoms with E-state index in [2.05, 4.69) is 4.98 Å². The molecule has 0 atom stereocenters. The summed E-state index contributed by atoms with van der Waals surface area (Å²) in [5.41, 5.74) is 0.880. The third-order valence-corrected chi connectivity index (χ3v) is 3.12. The Kier molecular flexibility index (Phi) is 3.54. The highest BCUT2D eigenvalue weighted by Crippen LogP contribution is 2.20. The van der Waals surface area contributed by atoms with E-state index in [0.29, 0.717) is 5.75 Å². The Balaban J connectivity index is 2.27. The first-order valence-electron chi connectivity index (χ1n) is 4.90. The Morgan fingerprint density at radius 2 is 2.12 bits per heavy atom. The summed E-state index contributed by atoms with van der Waals surface area (Å²) in [4.78, 5) is 15.3. The second-order valence-electron chi connectivity index (χ2n) is 3.30. The molecule has 1 heterocycles. The van der Waals surface area contributed by atoms with Crippen LogP contribution in [0.1, 0.15) is 5.69 Å². The van der Waals surface area contributed by atoms with Gasteiger partial charge >= 0.3 is 0 Å². The van der Waals surface area contributed by atoms with E-state index >= 15 is 0 Å². The summed E-state index contributed by atoms with van der Waals surface area (Å²) < 4.78 is 0. The van der Waals surface area contributed by atoms with Gasteiger partial charge in [-0.1, -0.05) is 36.0 Å². The fourth-order valence-corrected chi connectivity index (χ4v) is 2.11. The van der Waals surface area contributed by atoms with Gasteiger partial charge in [-0.2, -0.15) is 0 Å². The van der Waals surface area contributed by atoms with E-state index in [1.165, 1.54) is 0 Å². The van der Waals surface area contributed by atoms with Crippen LogP contribution in [0.5, 0.6) is 0 Å². The number of nitrogens with zero attached hydrogens (tertiary/aromatic N) is 1. The molecule has 1 N–H and O–H groups in total. The number of rotatable bonds is 3. The minimum absolute atomic E-state index is 0.227. The number of thioether (sulfide) groups is 1. The molecule has 3 nitrogen and oxygen atoms in total. The minimum atomic E-state index is -0.421. The molecule has 2 aromatic rings. The topological polar surface area (TPSA) is 50.2 Å². The number of carbonyl (C=O) groups excluding carboxylic acids is 1. The molecule has 1 aromatic heterocycles. The van der Waals surface area contributed by atoms with E-state index in [4.69, 9.17) is 5.11 Å². The largest absolute Gasteiger partial charge is 0.388 e. The summed E-state index contributed by atoms with van der Waals surface area (Å²) in [6.45, 7) is -0.421. The lowest BCUT2D eigenvalue weighted by Crippen LogP contribution is -1.99. The maximum absolute atomic E-state index is 11.0. The summed E-state index contributed by atoms with van der Waals surface area (Å²) in [7, 11) is 0. The van der Waals surface area contributed by atoms with Crippen molar-refractivity contribution in [1.82, 2.24) is 4.98 Å². The number of aromatic nitrogens is 1. The van der Waals surface area contributed by atoms with Crippen molar-refractivity contribution in [3.05, 3.63) is 42.2 Å². The molecule has 0 radical (unpaired) electrons. The van der Waals surface area contributed by atoms with E-state index in [1.54, 1.807) is 6.20 Å². The fraction of sp³-hybridized carbons (Fsp3) is 0.167. The monoisotopic (exact) mass is 233 g/mol. The van der Waals surface area contributed by atoms with Crippen LogP contribution in [0.2, 0.25) is 0 Å². The average Bonchev–Trinajstić information content (AvgIpc) is 2.35. The lowest BCUT2D eigenvalue weighted by molar-refractivity contribution is -0.113. The molecular formula is C12H11NO2S. The van der Waals surface area contributed by atoms with Gasteiger partial charge in [-0.05, 0) is 11.5 Å². The van der Waals surface area contributed by atoms with Crippen molar-refractivity contribution in [3.63, 3.8) is 0 Å². The lowest BCUT2D eigenvalue weighted by atomic mass is 10.1. The zero-order valence-corrected chi connectivity index (χ0v) is 9.41. The minimum Gasteiger partial charge on any atom is -0.388 e. The fourth-order valence-electron chi connectivity index (χ4n) is 1.49. The first-order chi connectivity index (χ1) is 7.81. The molecule has 0 bridgehead atoms. The molecule has 0 aliphatic carbocycles. The lowest BCUT2D eigenvalue weighted by Gasteiger charge is -2.03. The molecule has 0 amide bonds. The molecule has 2 rings (SSSR count). The van der Waals surface area contributed by atoms with Gasteiger partial charge in [0.1, 0.15) is 6.61 Å². The first-order valence-corrected chi connectivity index (χ1v) is 5.89. The molecule has 0 unspecified atom stereocenters. The van der Waals surface area contributed by atoms with Crippen LogP contribution >= 0.6 is 11.8 Å². The van der Waals surface area contributed by atoms with Crippen molar-refractivity contribution < 1.29 is 9.90 Å². The van der Waals surface area contributed by atoms with Crippen LogP contribution in [0.15, 0.2) is 36.5 Å². The summed E-state index contributed by atoms with van der Waals surface area (Å²) in [6.07, 6.45) is 1.74. The Morgan fingerprint density at radius 3 is 2.94 bits per heavy atom. The molecule has 0 aliphatic heterocycles. The Hall–Kier alpha value is -1.39. The highest BCUT2D eigenvalue weighted by molar-refractivity contribution is 8.13. The summed E-state index contributed by atoms with van der Waals surface area (Å²) >= 11 is 1.09. The third kappa shape index (κ3) is 2.40. The van der Waals surface area contributed by atoms with E-state index in [-0.39, 0.29) is 5.12 Å². The van der Waals surface area contributed by atoms with E-state index in [0.717, 1.165) is 28.2 Å². The molecule has 4 heteroatoms. The number of pyridine rings is 1. The van der Waals surface area contributed by atoms with Gasteiger partial charge in [0.05, 0.1) is 5.69 Å². The van der Waals surface area contributed by atoms with Crippen molar-refractivity contribution in [1.29, 1.82) is 0 Å². The summed E-state index contributed by atoms with van der Waals surface area (Å²) in [5, 5.41) is 10.6. The normalized spacial score (nSPS) is 10.6. The molecule has 1 aromatic carbocycles. The number of benzene rings is 1. The third-order valence-electron chi connectivity index (χ3n) is 2.26. The number of aliphatic hydroxyl groups is 1. The van der Waals surface area contributed by atoms with Gasteiger partial charge in [0, 0.05) is 17.3 Å². The van der Waals surface area contributed by atoms with Crippen LogP contribution in [0, 0.1) is 0 Å². The maximum Gasteiger partial charge on any atom is 0.214 e. The maximum atomic E-state index is 11.0. The summed E-state index contributed by atoms with van der Waals surface area (Å²) in [5.74, 6) is 0.501. The Bertz CT molecular complexity index is 508. The van der Waals surface area contributed by atoms with Crippen molar-refractivity contribution in [2.75, 3.05) is 6.61 Å². The molecule has 0 fully saturated rings. The van der Waals surface area contributed by atoms with Crippen LogP contribution < -0.4 is 0 Å². The van der Waals surface area contributed by atoms with Crippen molar-refractivity contribution in [3.8, 4) is 0 Å². The highest BCUT2D eigenvalue weighted by atomic mass is 32.2. The SMILES string of the molecule is O=C(CO)SCc1nccc2ccccc12. The average molecular weight is 233 g/mol.